The molecule has 1 N–H and O–H groups in total. The molecule has 1 aliphatic rings. The number of aromatic nitrogens is 2. The number of hydrogen-bond acceptors (Lipinski definition) is 4. The monoisotopic (exact) mass is 314 g/mol. The zero-order chi connectivity index (χ0) is 16.2. The van der Waals surface area contributed by atoms with Crippen molar-refractivity contribution in [3.05, 3.63) is 54.4 Å². The van der Waals surface area contributed by atoms with Crippen LogP contribution in [-0.2, 0) is 16.0 Å². The Morgan fingerprint density at radius 1 is 1.30 bits per heavy atom. The molecule has 1 aromatic heterocycles. The van der Waals surface area contributed by atoms with Crippen LogP contribution in [0.25, 0.3) is 0 Å². The van der Waals surface area contributed by atoms with Crippen molar-refractivity contribution in [1.82, 2.24) is 15.3 Å². The van der Waals surface area contributed by atoms with Gasteiger partial charge in [-0.2, -0.15) is 0 Å². The van der Waals surface area contributed by atoms with E-state index in [1.807, 2.05) is 0 Å². The van der Waals surface area contributed by atoms with Crippen LogP contribution in [0.4, 0.5) is 10.1 Å². The average molecular weight is 314 g/mol. The fourth-order valence-corrected chi connectivity index (χ4v) is 2.54. The molecule has 1 aliphatic heterocycles. The minimum Gasteiger partial charge on any atom is -0.351 e. The summed E-state index contributed by atoms with van der Waals surface area (Å²) < 4.78 is 13.0. The van der Waals surface area contributed by atoms with Gasteiger partial charge in [-0.05, 0) is 24.3 Å². The van der Waals surface area contributed by atoms with Crippen LogP contribution in [0.3, 0.4) is 0 Å². The Bertz CT molecular complexity index is 706. The van der Waals surface area contributed by atoms with Gasteiger partial charge in [-0.3, -0.25) is 19.6 Å². The van der Waals surface area contributed by atoms with Gasteiger partial charge in [0.2, 0.25) is 11.8 Å². The van der Waals surface area contributed by atoms with E-state index in [-0.39, 0.29) is 36.5 Å². The Kier molecular flexibility index (Phi) is 4.27. The lowest BCUT2D eigenvalue weighted by Gasteiger charge is -2.17. The standard InChI is InChI=1S/C16H15FN4O2/c17-11-1-3-14(4-2-11)21-10-13(8-16(21)23)20-15(22)7-12-9-18-5-6-19-12/h1-6,9,13H,7-8,10H2,(H,20,22)/t13-/m1/s1. The van der Waals surface area contributed by atoms with Gasteiger partial charge in [0.1, 0.15) is 5.82 Å². The number of carbonyl (C=O) groups is 2. The molecule has 2 heterocycles. The molecular formula is C16H15FN4O2. The van der Waals surface area contributed by atoms with Crippen LogP contribution in [0, 0.1) is 5.82 Å². The van der Waals surface area contributed by atoms with E-state index < -0.39 is 0 Å². The number of nitrogens with one attached hydrogen (secondary N) is 1. The van der Waals surface area contributed by atoms with Gasteiger partial charge in [-0.25, -0.2) is 4.39 Å². The highest BCUT2D eigenvalue weighted by molar-refractivity contribution is 5.96. The Morgan fingerprint density at radius 2 is 2.09 bits per heavy atom. The van der Waals surface area contributed by atoms with E-state index in [0.717, 1.165) is 0 Å². The van der Waals surface area contributed by atoms with Gasteiger partial charge in [0.05, 0.1) is 18.2 Å². The second kappa shape index (κ2) is 6.51. The van der Waals surface area contributed by atoms with Crippen molar-refractivity contribution in [3.8, 4) is 0 Å². The number of benzene rings is 1. The van der Waals surface area contributed by atoms with E-state index in [1.54, 1.807) is 17.0 Å². The lowest BCUT2D eigenvalue weighted by Crippen LogP contribution is -2.38. The first-order chi connectivity index (χ1) is 11.1. The molecule has 2 aromatic rings. The van der Waals surface area contributed by atoms with E-state index in [4.69, 9.17) is 0 Å². The summed E-state index contributed by atoms with van der Waals surface area (Å²) in [7, 11) is 0. The molecule has 0 aliphatic carbocycles. The van der Waals surface area contributed by atoms with E-state index >= 15 is 0 Å². The number of hydrogen-bond donors (Lipinski definition) is 1. The van der Waals surface area contributed by atoms with Gasteiger partial charge in [-0.1, -0.05) is 0 Å². The van der Waals surface area contributed by atoms with Gasteiger partial charge in [0.25, 0.3) is 0 Å². The number of anilines is 1. The number of nitrogens with zero attached hydrogens (tertiary/aromatic N) is 3. The zero-order valence-corrected chi connectivity index (χ0v) is 12.3. The van der Waals surface area contributed by atoms with Gasteiger partial charge in [-0.15, -0.1) is 0 Å². The fraction of sp³-hybridized carbons (Fsp3) is 0.250. The summed E-state index contributed by atoms with van der Waals surface area (Å²) >= 11 is 0. The Morgan fingerprint density at radius 3 is 2.78 bits per heavy atom. The minimum atomic E-state index is -0.353. The molecule has 23 heavy (non-hydrogen) atoms. The highest BCUT2D eigenvalue weighted by atomic mass is 19.1. The largest absolute Gasteiger partial charge is 0.351 e. The lowest BCUT2D eigenvalue weighted by molar-refractivity contribution is -0.121. The van der Waals surface area contributed by atoms with Crippen molar-refractivity contribution in [2.75, 3.05) is 11.4 Å². The van der Waals surface area contributed by atoms with E-state index in [1.165, 1.54) is 30.7 Å². The summed E-state index contributed by atoms with van der Waals surface area (Å²) in [6, 6.07) is 5.45. The van der Waals surface area contributed by atoms with Crippen molar-refractivity contribution in [3.63, 3.8) is 0 Å². The SMILES string of the molecule is O=C(Cc1cnccn1)N[C@@H]1CC(=O)N(c2ccc(F)cc2)C1. The second-order valence-electron chi connectivity index (χ2n) is 5.32. The summed E-state index contributed by atoms with van der Waals surface area (Å²) in [6.45, 7) is 0.372. The molecule has 1 aromatic carbocycles. The lowest BCUT2D eigenvalue weighted by atomic mass is 10.2. The van der Waals surface area contributed by atoms with E-state index in [9.17, 15) is 14.0 Å². The fourth-order valence-electron chi connectivity index (χ4n) is 2.54. The molecule has 1 fully saturated rings. The quantitative estimate of drug-likeness (QED) is 0.916. The smallest absolute Gasteiger partial charge is 0.229 e. The molecule has 0 saturated carbocycles. The third kappa shape index (κ3) is 3.68. The van der Waals surface area contributed by atoms with Crippen molar-refractivity contribution < 1.29 is 14.0 Å². The number of carbonyl (C=O) groups excluding carboxylic acids is 2. The maximum Gasteiger partial charge on any atom is 0.229 e. The molecule has 1 atom stereocenters. The Balaban J connectivity index is 1.59. The topological polar surface area (TPSA) is 75.2 Å². The molecular weight excluding hydrogens is 299 g/mol. The molecule has 3 rings (SSSR count). The van der Waals surface area contributed by atoms with Crippen LogP contribution in [0.2, 0.25) is 0 Å². The molecule has 0 radical (unpaired) electrons. The molecule has 7 heteroatoms. The maximum atomic E-state index is 13.0. The molecule has 2 amide bonds. The first-order valence-corrected chi connectivity index (χ1v) is 7.22. The van der Waals surface area contributed by atoms with Gasteiger partial charge in [0.15, 0.2) is 0 Å². The Hall–Kier alpha value is -2.83. The van der Waals surface area contributed by atoms with Crippen molar-refractivity contribution in [2.45, 2.75) is 18.9 Å². The predicted octanol–water partition coefficient (Wildman–Crippen LogP) is 1.08. The molecule has 0 spiro atoms. The summed E-state index contributed by atoms with van der Waals surface area (Å²) in [5.41, 5.74) is 1.20. The molecule has 6 nitrogen and oxygen atoms in total. The summed E-state index contributed by atoms with van der Waals surface area (Å²) in [5.74, 6) is -0.653. The van der Waals surface area contributed by atoms with Crippen LogP contribution in [-0.4, -0.2) is 34.4 Å². The summed E-state index contributed by atoms with van der Waals surface area (Å²) in [5, 5.41) is 2.83. The number of halogens is 1. The van der Waals surface area contributed by atoms with E-state index in [0.29, 0.717) is 17.9 Å². The van der Waals surface area contributed by atoms with Crippen molar-refractivity contribution in [1.29, 1.82) is 0 Å². The third-order valence-electron chi connectivity index (χ3n) is 3.59. The van der Waals surface area contributed by atoms with Crippen molar-refractivity contribution >= 4 is 17.5 Å². The van der Waals surface area contributed by atoms with Crippen LogP contribution in [0.5, 0.6) is 0 Å². The van der Waals surface area contributed by atoms with Crippen LogP contribution in [0.1, 0.15) is 12.1 Å². The van der Waals surface area contributed by atoms with Crippen LogP contribution >= 0.6 is 0 Å². The zero-order valence-electron chi connectivity index (χ0n) is 12.3. The highest BCUT2D eigenvalue weighted by Crippen LogP contribution is 2.21. The van der Waals surface area contributed by atoms with Gasteiger partial charge in [0, 0.05) is 37.2 Å². The van der Waals surface area contributed by atoms with E-state index in [2.05, 4.69) is 15.3 Å². The predicted molar refractivity (Wildman–Crippen MR) is 81.0 cm³/mol. The van der Waals surface area contributed by atoms with Gasteiger partial charge < -0.3 is 10.2 Å². The van der Waals surface area contributed by atoms with Gasteiger partial charge >= 0.3 is 0 Å². The maximum absolute atomic E-state index is 13.0. The normalized spacial score (nSPS) is 17.3. The highest BCUT2D eigenvalue weighted by Gasteiger charge is 2.31. The first kappa shape index (κ1) is 15.1. The molecule has 0 unspecified atom stereocenters. The molecule has 0 bridgehead atoms. The summed E-state index contributed by atoms with van der Waals surface area (Å²) in [4.78, 5) is 33.6. The average Bonchev–Trinajstić information content (AvgIpc) is 2.89. The molecule has 118 valence electrons. The third-order valence-corrected chi connectivity index (χ3v) is 3.59. The minimum absolute atomic E-state index is 0.0959. The van der Waals surface area contributed by atoms with Crippen LogP contribution in [0.15, 0.2) is 42.9 Å². The van der Waals surface area contributed by atoms with Crippen LogP contribution < -0.4 is 10.2 Å². The number of rotatable bonds is 4. The van der Waals surface area contributed by atoms with Crippen molar-refractivity contribution in [2.24, 2.45) is 0 Å². The number of amides is 2. The first-order valence-electron chi connectivity index (χ1n) is 7.22. The Labute approximate surface area is 132 Å². The summed E-state index contributed by atoms with van der Waals surface area (Å²) in [6.07, 6.45) is 4.94. The second-order valence-corrected chi connectivity index (χ2v) is 5.32. The molecule has 1 saturated heterocycles.